The highest BCUT2D eigenvalue weighted by Crippen LogP contribution is 2.24. The van der Waals surface area contributed by atoms with Crippen molar-refractivity contribution in [3.05, 3.63) is 94.7 Å². The van der Waals surface area contributed by atoms with Gasteiger partial charge in [-0.1, -0.05) is 30.3 Å². The van der Waals surface area contributed by atoms with Crippen molar-refractivity contribution in [1.29, 1.82) is 0 Å². The lowest BCUT2D eigenvalue weighted by Gasteiger charge is -2.32. The van der Waals surface area contributed by atoms with Crippen LogP contribution in [0, 0.1) is 5.92 Å². The minimum Gasteiger partial charge on any atom is -0.493 e. The molecule has 0 aliphatic heterocycles. The average molecular weight is 464 g/mol. The van der Waals surface area contributed by atoms with Crippen molar-refractivity contribution < 1.29 is 19.1 Å². The summed E-state index contributed by atoms with van der Waals surface area (Å²) in [7, 11) is 0. The van der Waals surface area contributed by atoms with E-state index in [0.29, 0.717) is 24.5 Å². The summed E-state index contributed by atoms with van der Waals surface area (Å²) in [6, 6.07) is 17.7. The Hall–Kier alpha value is -3.94. The first kappa shape index (κ1) is 24.7. The number of aromatic nitrogens is 2. The van der Waals surface area contributed by atoms with Gasteiger partial charge in [0.15, 0.2) is 0 Å². The zero-order valence-corrected chi connectivity index (χ0v) is 19.6. The van der Waals surface area contributed by atoms with Gasteiger partial charge in [0.25, 0.3) is 5.91 Å². The van der Waals surface area contributed by atoms with E-state index in [4.69, 9.17) is 9.47 Å². The molecular weight excluding hydrogens is 434 g/mol. The van der Waals surface area contributed by atoms with Gasteiger partial charge >= 0.3 is 11.7 Å². The molecule has 34 heavy (non-hydrogen) atoms. The van der Waals surface area contributed by atoms with E-state index in [0.717, 1.165) is 5.56 Å². The second-order valence-electron chi connectivity index (χ2n) is 7.67. The quantitative estimate of drug-likeness (QED) is 0.427. The maximum atomic E-state index is 13.5. The van der Waals surface area contributed by atoms with Gasteiger partial charge in [-0.15, -0.1) is 0 Å². The normalized spacial score (nSPS) is 12.4. The summed E-state index contributed by atoms with van der Waals surface area (Å²) in [6.07, 6.45) is 2.41. The van der Waals surface area contributed by atoms with Gasteiger partial charge in [-0.2, -0.15) is 0 Å². The van der Waals surface area contributed by atoms with E-state index >= 15 is 0 Å². The maximum absolute atomic E-state index is 13.5. The molecule has 0 spiro atoms. The number of hydrogen-bond donors (Lipinski definition) is 0. The second kappa shape index (κ2) is 11.8. The van der Waals surface area contributed by atoms with Crippen LogP contribution < -0.4 is 10.4 Å². The molecule has 0 saturated heterocycles. The van der Waals surface area contributed by atoms with Crippen LogP contribution in [0.15, 0.2) is 77.9 Å². The number of hydrogen-bond acceptors (Lipinski definition) is 6. The number of carbonyl (C=O) groups excluding carboxylic acids is 2. The molecule has 8 nitrogen and oxygen atoms in total. The Morgan fingerprint density at radius 1 is 1.03 bits per heavy atom. The van der Waals surface area contributed by atoms with Gasteiger partial charge in [0.05, 0.1) is 12.5 Å². The van der Waals surface area contributed by atoms with Crippen LogP contribution in [0.4, 0.5) is 0 Å². The smallest absolute Gasteiger partial charge is 0.349 e. The molecule has 0 aliphatic rings. The van der Waals surface area contributed by atoms with Crippen LogP contribution in [0.2, 0.25) is 0 Å². The lowest BCUT2D eigenvalue weighted by Crippen LogP contribution is -2.42. The summed E-state index contributed by atoms with van der Waals surface area (Å²) < 4.78 is 12.1. The summed E-state index contributed by atoms with van der Waals surface area (Å²) in [5.74, 6) is -0.413. The third kappa shape index (κ3) is 5.89. The van der Waals surface area contributed by atoms with Crippen LogP contribution in [0.5, 0.6) is 5.75 Å². The summed E-state index contributed by atoms with van der Waals surface area (Å²) in [4.78, 5) is 43.3. The van der Waals surface area contributed by atoms with E-state index in [-0.39, 0.29) is 18.5 Å². The van der Waals surface area contributed by atoms with Crippen molar-refractivity contribution in [3.8, 4) is 5.75 Å². The molecule has 1 aromatic heterocycles. The maximum Gasteiger partial charge on any atom is 0.349 e. The largest absolute Gasteiger partial charge is 0.493 e. The molecule has 0 fully saturated rings. The van der Waals surface area contributed by atoms with Crippen molar-refractivity contribution in [2.75, 3.05) is 19.8 Å². The van der Waals surface area contributed by atoms with Crippen molar-refractivity contribution in [3.63, 3.8) is 0 Å². The molecular formula is C26H29N3O5. The molecule has 178 valence electrons. The lowest BCUT2D eigenvalue weighted by molar-refractivity contribution is -0.148. The zero-order valence-electron chi connectivity index (χ0n) is 19.6. The van der Waals surface area contributed by atoms with E-state index in [1.54, 1.807) is 55.3 Å². The Balaban J connectivity index is 1.82. The molecule has 8 heteroatoms. The fraction of sp³-hybridized carbons (Fsp3) is 0.308. The minimum atomic E-state index is -0.652. The molecule has 2 aromatic carbocycles. The van der Waals surface area contributed by atoms with E-state index in [2.05, 4.69) is 4.98 Å². The number of carbonyl (C=O) groups is 2. The van der Waals surface area contributed by atoms with Crippen molar-refractivity contribution in [2.24, 2.45) is 5.92 Å². The molecule has 0 aliphatic carbocycles. The van der Waals surface area contributed by atoms with Crippen LogP contribution in [-0.2, 0) is 9.53 Å². The fourth-order valence-corrected chi connectivity index (χ4v) is 3.53. The topological polar surface area (TPSA) is 90.7 Å². The van der Waals surface area contributed by atoms with E-state index in [1.165, 1.54) is 10.8 Å². The van der Waals surface area contributed by atoms with Crippen LogP contribution in [0.3, 0.4) is 0 Å². The molecule has 0 radical (unpaired) electrons. The zero-order chi connectivity index (χ0) is 24.5. The number of nitrogens with zero attached hydrogens (tertiary/aromatic N) is 3. The summed E-state index contributed by atoms with van der Waals surface area (Å²) >= 11 is 0. The molecule has 0 saturated carbocycles. The van der Waals surface area contributed by atoms with Crippen LogP contribution in [0.1, 0.15) is 42.9 Å². The summed E-state index contributed by atoms with van der Waals surface area (Å²) in [6.45, 7) is 6.22. The summed E-state index contributed by atoms with van der Waals surface area (Å²) in [5.41, 5.74) is 0.799. The van der Waals surface area contributed by atoms with Crippen LogP contribution in [0.25, 0.3) is 0 Å². The standard InChI is InChI=1S/C26H29N3O5/c1-4-28(23(20-10-7-6-8-11-20)29-17-9-16-27-26(29)32)24(30)21-12-14-22(15-13-21)34-18-19(3)25(31)33-5-2/h6-17,19,23H,4-5,18H2,1-3H3. The number of benzene rings is 2. The second-order valence-corrected chi connectivity index (χ2v) is 7.67. The van der Waals surface area contributed by atoms with E-state index in [9.17, 15) is 14.4 Å². The third-order valence-electron chi connectivity index (χ3n) is 5.29. The Morgan fingerprint density at radius 2 is 1.74 bits per heavy atom. The monoisotopic (exact) mass is 463 g/mol. The number of amides is 1. The number of ether oxygens (including phenoxy) is 2. The molecule has 2 unspecified atom stereocenters. The van der Waals surface area contributed by atoms with Crippen LogP contribution in [-0.4, -0.2) is 46.1 Å². The third-order valence-corrected chi connectivity index (χ3v) is 5.29. The first-order chi connectivity index (χ1) is 16.5. The van der Waals surface area contributed by atoms with E-state index < -0.39 is 17.8 Å². The SMILES string of the molecule is CCOC(=O)C(C)COc1ccc(C(=O)N(CC)C(c2ccccc2)n2cccnc2=O)cc1. The van der Waals surface area contributed by atoms with Gasteiger partial charge in [-0.3, -0.25) is 14.2 Å². The first-order valence-electron chi connectivity index (χ1n) is 11.2. The Kier molecular flexibility index (Phi) is 8.56. The fourth-order valence-electron chi connectivity index (χ4n) is 3.53. The highest BCUT2D eigenvalue weighted by Gasteiger charge is 2.27. The van der Waals surface area contributed by atoms with Gasteiger partial charge < -0.3 is 14.4 Å². The van der Waals surface area contributed by atoms with Gasteiger partial charge in [0.1, 0.15) is 18.5 Å². The predicted molar refractivity (Wildman–Crippen MR) is 128 cm³/mol. The van der Waals surface area contributed by atoms with Crippen molar-refractivity contribution in [1.82, 2.24) is 14.5 Å². The van der Waals surface area contributed by atoms with Gasteiger partial charge in [0, 0.05) is 24.5 Å². The number of rotatable bonds is 10. The minimum absolute atomic E-state index is 0.174. The highest BCUT2D eigenvalue weighted by molar-refractivity contribution is 5.94. The molecule has 2 atom stereocenters. The molecule has 3 aromatic rings. The summed E-state index contributed by atoms with van der Waals surface area (Å²) in [5, 5.41) is 0. The van der Waals surface area contributed by atoms with Gasteiger partial charge in [0.2, 0.25) is 0 Å². The molecule has 1 amide bonds. The highest BCUT2D eigenvalue weighted by atomic mass is 16.5. The Morgan fingerprint density at radius 3 is 2.35 bits per heavy atom. The van der Waals surface area contributed by atoms with Crippen molar-refractivity contribution in [2.45, 2.75) is 26.9 Å². The van der Waals surface area contributed by atoms with Crippen LogP contribution >= 0.6 is 0 Å². The Labute approximate surface area is 198 Å². The molecule has 0 bridgehead atoms. The molecule has 0 N–H and O–H groups in total. The van der Waals surface area contributed by atoms with Crippen molar-refractivity contribution >= 4 is 11.9 Å². The Bertz CT molecular complexity index is 1140. The number of esters is 1. The average Bonchev–Trinajstić information content (AvgIpc) is 2.87. The van der Waals surface area contributed by atoms with E-state index in [1.807, 2.05) is 37.3 Å². The van der Waals surface area contributed by atoms with Gasteiger partial charge in [-0.25, -0.2) is 9.78 Å². The predicted octanol–water partition coefficient (Wildman–Crippen LogP) is 3.53. The molecule has 1 heterocycles. The first-order valence-corrected chi connectivity index (χ1v) is 11.2. The molecule has 3 rings (SSSR count). The van der Waals surface area contributed by atoms with Gasteiger partial charge in [-0.05, 0) is 56.7 Å². The lowest BCUT2D eigenvalue weighted by atomic mass is 10.1.